The molecule has 0 saturated carbocycles. The van der Waals surface area contributed by atoms with Crippen LogP contribution in [0.4, 0.5) is 4.79 Å². The largest absolute Gasteiger partial charge is 0.497 e. The highest BCUT2D eigenvalue weighted by atomic mass is 16.6. The Bertz CT molecular complexity index is 1360. The lowest BCUT2D eigenvalue weighted by molar-refractivity contribution is -0.152. The van der Waals surface area contributed by atoms with Crippen molar-refractivity contribution in [3.8, 4) is 23.0 Å². The molecule has 0 aromatic heterocycles. The van der Waals surface area contributed by atoms with Crippen LogP contribution in [0.3, 0.4) is 0 Å². The van der Waals surface area contributed by atoms with Crippen LogP contribution >= 0.6 is 0 Å². The second-order valence-corrected chi connectivity index (χ2v) is 8.77. The van der Waals surface area contributed by atoms with Crippen molar-refractivity contribution in [2.45, 2.75) is 12.6 Å². The molecule has 0 aliphatic heterocycles. The highest BCUT2D eigenvalue weighted by molar-refractivity contribution is 5.98. The van der Waals surface area contributed by atoms with Gasteiger partial charge in [0.25, 0.3) is 0 Å². The molecular weight excluding hydrogens is 526 g/mol. The van der Waals surface area contributed by atoms with E-state index in [4.69, 9.17) is 23.7 Å². The van der Waals surface area contributed by atoms with Crippen molar-refractivity contribution >= 4 is 18.0 Å². The smallest absolute Gasteiger partial charge is 0.407 e. The molecule has 41 heavy (non-hydrogen) atoms. The first kappa shape index (κ1) is 28.7. The van der Waals surface area contributed by atoms with Crippen LogP contribution in [-0.2, 0) is 20.9 Å². The van der Waals surface area contributed by atoms with Gasteiger partial charge in [-0.1, -0.05) is 60.7 Å². The number of amides is 1. The molecule has 0 fully saturated rings. The monoisotopic (exact) mass is 555 g/mol. The van der Waals surface area contributed by atoms with Crippen molar-refractivity contribution in [1.29, 1.82) is 0 Å². The Hall–Kier alpha value is -5.31. The summed E-state index contributed by atoms with van der Waals surface area (Å²) in [6.45, 7) is -0.00849. The molecule has 0 saturated heterocycles. The Morgan fingerprint density at radius 2 is 1.05 bits per heavy atom. The summed E-state index contributed by atoms with van der Waals surface area (Å²) in [7, 11) is 3.03. The zero-order valence-corrected chi connectivity index (χ0v) is 22.5. The highest BCUT2D eigenvalue weighted by Crippen LogP contribution is 2.28. The lowest BCUT2D eigenvalue weighted by atomic mass is 9.93. The summed E-state index contributed by atoms with van der Waals surface area (Å²) in [6.07, 6.45) is -0.831. The zero-order valence-electron chi connectivity index (χ0n) is 22.5. The first-order valence-electron chi connectivity index (χ1n) is 12.7. The zero-order chi connectivity index (χ0) is 29.0. The van der Waals surface area contributed by atoms with Crippen LogP contribution in [-0.4, -0.2) is 32.3 Å². The SMILES string of the molecule is COc1ccc(OC(=O)C(C(=O)Oc2ccc(OC)cc2)[C@@H](NC(=O)OCc2ccccc2)c2ccccc2)cc1. The molecule has 4 aromatic rings. The van der Waals surface area contributed by atoms with Gasteiger partial charge in [0.1, 0.15) is 29.6 Å². The highest BCUT2D eigenvalue weighted by Gasteiger charge is 2.41. The molecule has 0 aliphatic rings. The van der Waals surface area contributed by atoms with Crippen molar-refractivity contribution < 1.29 is 38.1 Å². The molecule has 1 amide bonds. The molecule has 0 bridgehead atoms. The minimum Gasteiger partial charge on any atom is -0.497 e. The fourth-order valence-electron chi connectivity index (χ4n) is 3.93. The fourth-order valence-corrected chi connectivity index (χ4v) is 3.93. The molecule has 4 rings (SSSR count). The predicted octanol–water partition coefficient (Wildman–Crippen LogP) is 5.50. The lowest BCUT2D eigenvalue weighted by Gasteiger charge is -2.25. The van der Waals surface area contributed by atoms with E-state index < -0.39 is 30.0 Å². The Labute approximate surface area is 237 Å². The fraction of sp³-hybridized carbons (Fsp3) is 0.156. The molecule has 0 aliphatic carbocycles. The molecule has 4 aromatic carbocycles. The number of hydrogen-bond acceptors (Lipinski definition) is 8. The minimum atomic E-state index is -1.61. The second-order valence-electron chi connectivity index (χ2n) is 8.77. The first-order valence-corrected chi connectivity index (χ1v) is 12.7. The summed E-state index contributed by atoms with van der Waals surface area (Å²) in [6, 6.07) is 29.1. The van der Waals surface area contributed by atoms with Crippen LogP contribution in [0.2, 0.25) is 0 Å². The maximum Gasteiger partial charge on any atom is 0.407 e. The molecular formula is C32H29NO8. The molecule has 0 heterocycles. The van der Waals surface area contributed by atoms with Crippen LogP contribution in [0.5, 0.6) is 23.0 Å². The van der Waals surface area contributed by atoms with E-state index in [2.05, 4.69) is 5.32 Å². The van der Waals surface area contributed by atoms with Gasteiger partial charge in [-0.3, -0.25) is 9.59 Å². The molecule has 1 N–H and O–H groups in total. The average Bonchev–Trinajstić information content (AvgIpc) is 3.01. The number of methoxy groups -OCH3 is 2. The normalized spacial score (nSPS) is 11.2. The van der Waals surface area contributed by atoms with Crippen molar-refractivity contribution in [3.05, 3.63) is 120 Å². The molecule has 210 valence electrons. The van der Waals surface area contributed by atoms with Crippen LogP contribution in [0.15, 0.2) is 109 Å². The molecule has 0 radical (unpaired) electrons. The van der Waals surface area contributed by atoms with Gasteiger partial charge in [0.05, 0.1) is 20.3 Å². The van der Waals surface area contributed by atoms with E-state index in [1.165, 1.54) is 38.5 Å². The van der Waals surface area contributed by atoms with Gasteiger partial charge in [0, 0.05) is 0 Å². The minimum absolute atomic E-state index is 0.00849. The van der Waals surface area contributed by atoms with Crippen molar-refractivity contribution in [1.82, 2.24) is 5.32 Å². The first-order chi connectivity index (χ1) is 20.0. The van der Waals surface area contributed by atoms with Gasteiger partial charge in [-0.2, -0.15) is 0 Å². The Kier molecular flexibility index (Phi) is 9.92. The van der Waals surface area contributed by atoms with Crippen LogP contribution in [0, 0.1) is 5.92 Å². The maximum absolute atomic E-state index is 13.6. The molecule has 9 heteroatoms. The van der Waals surface area contributed by atoms with Gasteiger partial charge in [-0.05, 0) is 59.7 Å². The van der Waals surface area contributed by atoms with Crippen molar-refractivity contribution in [2.24, 2.45) is 5.92 Å². The van der Waals surface area contributed by atoms with Crippen LogP contribution < -0.4 is 24.3 Å². The molecule has 1 atom stereocenters. The number of carbonyl (C=O) groups is 3. The average molecular weight is 556 g/mol. The van der Waals surface area contributed by atoms with Crippen molar-refractivity contribution in [3.63, 3.8) is 0 Å². The van der Waals surface area contributed by atoms with E-state index in [9.17, 15) is 14.4 Å². The number of ether oxygens (including phenoxy) is 5. The van der Waals surface area contributed by atoms with E-state index >= 15 is 0 Å². The summed E-state index contributed by atoms with van der Waals surface area (Å²) < 4.78 is 26.9. The van der Waals surface area contributed by atoms with Gasteiger partial charge in [0.2, 0.25) is 0 Å². The third kappa shape index (κ3) is 8.09. The number of benzene rings is 4. The van der Waals surface area contributed by atoms with E-state index in [0.29, 0.717) is 17.1 Å². The standard InChI is InChI=1S/C32H29NO8/c1-37-24-13-17-26(18-14-24)40-30(34)28(31(35)41-27-19-15-25(38-2)16-20-27)29(23-11-7-4-8-12-23)33-32(36)39-21-22-9-5-3-6-10-22/h3-20,28-29H,21H2,1-2H3,(H,33,36)/t29-/m0/s1. The van der Waals surface area contributed by atoms with Gasteiger partial charge in [-0.25, -0.2) is 4.79 Å². The Morgan fingerprint density at radius 3 is 1.51 bits per heavy atom. The van der Waals surface area contributed by atoms with E-state index in [-0.39, 0.29) is 18.1 Å². The van der Waals surface area contributed by atoms with Crippen LogP contribution in [0.1, 0.15) is 17.2 Å². The van der Waals surface area contributed by atoms with E-state index in [1.54, 1.807) is 54.6 Å². The summed E-state index contributed by atoms with van der Waals surface area (Å²) in [4.78, 5) is 40.2. The Balaban J connectivity index is 1.63. The van der Waals surface area contributed by atoms with Gasteiger partial charge in [-0.15, -0.1) is 0 Å². The quantitative estimate of drug-likeness (QED) is 0.147. The topological polar surface area (TPSA) is 109 Å². The molecule has 0 unspecified atom stereocenters. The number of esters is 2. The number of hydrogen-bond donors (Lipinski definition) is 1. The predicted molar refractivity (Wildman–Crippen MR) is 150 cm³/mol. The number of carbonyl (C=O) groups excluding carboxylic acids is 3. The van der Waals surface area contributed by atoms with Gasteiger partial charge < -0.3 is 29.0 Å². The summed E-state index contributed by atoms with van der Waals surface area (Å²) in [5.41, 5.74) is 1.24. The number of nitrogens with one attached hydrogen (secondary N) is 1. The summed E-state index contributed by atoms with van der Waals surface area (Å²) in [5.74, 6) is -2.01. The molecule has 9 nitrogen and oxygen atoms in total. The number of alkyl carbamates (subject to hydrolysis) is 1. The van der Waals surface area contributed by atoms with Gasteiger partial charge >= 0.3 is 18.0 Å². The molecule has 0 spiro atoms. The lowest BCUT2D eigenvalue weighted by Crippen LogP contribution is -2.44. The third-order valence-electron chi connectivity index (χ3n) is 6.04. The van der Waals surface area contributed by atoms with Crippen LogP contribution in [0.25, 0.3) is 0 Å². The van der Waals surface area contributed by atoms with Crippen molar-refractivity contribution in [2.75, 3.05) is 14.2 Å². The number of rotatable bonds is 11. The summed E-state index contributed by atoms with van der Waals surface area (Å²) in [5, 5.41) is 2.67. The summed E-state index contributed by atoms with van der Waals surface area (Å²) >= 11 is 0. The third-order valence-corrected chi connectivity index (χ3v) is 6.04. The van der Waals surface area contributed by atoms with E-state index in [0.717, 1.165) is 5.56 Å². The Morgan fingerprint density at radius 1 is 0.610 bits per heavy atom. The van der Waals surface area contributed by atoms with Gasteiger partial charge in [0.15, 0.2) is 5.92 Å². The maximum atomic E-state index is 13.6. The van der Waals surface area contributed by atoms with E-state index in [1.807, 2.05) is 30.3 Å². The second kappa shape index (κ2) is 14.2.